The zero-order valence-corrected chi connectivity index (χ0v) is 11.2. The minimum Gasteiger partial charge on any atom is -0.379 e. The number of rotatable bonds is 6. The molecule has 0 radical (unpaired) electrons. The summed E-state index contributed by atoms with van der Waals surface area (Å²) in [6.07, 6.45) is 1.48. The van der Waals surface area contributed by atoms with Gasteiger partial charge in [-0.3, -0.25) is 0 Å². The maximum Gasteiger partial charge on any atom is 0.284 e. The molecule has 19 heavy (non-hydrogen) atoms. The van der Waals surface area contributed by atoms with E-state index in [1.165, 1.54) is 0 Å². The summed E-state index contributed by atoms with van der Waals surface area (Å²) in [5.41, 5.74) is 5.28. The Bertz CT molecular complexity index is 532. The summed E-state index contributed by atoms with van der Waals surface area (Å²) >= 11 is 0. The number of nitrogens with two attached hydrogens (primary N) is 1. The molecule has 2 aromatic rings. The fourth-order valence-corrected chi connectivity index (χ4v) is 1.96. The molecule has 8 nitrogen and oxygen atoms in total. The van der Waals surface area contributed by atoms with Gasteiger partial charge >= 0.3 is 0 Å². The first-order chi connectivity index (χ1) is 9.16. The topological polar surface area (TPSA) is 113 Å². The van der Waals surface area contributed by atoms with Gasteiger partial charge < -0.3 is 15.0 Å². The Morgan fingerprint density at radius 1 is 1.16 bits per heavy atom. The van der Waals surface area contributed by atoms with Crippen LogP contribution in [0.4, 0.5) is 5.82 Å². The third kappa shape index (κ3) is 2.30. The van der Waals surface area contributed by atoms with Gasteiger partial charge in [-0.1, -0.05) is 19.0 Å². The lowest BCUT2D eigenvalue weighted by atomic mass is 9.96. The van der Waals surface area contributed by atoms with E-state index in [0.717, 1.165) is 12.8 Å². The van der Waals surface area contributed by atoms with Crippen LogP contribution in [-0.4, -0.2) is 27.1 Å². The van der Waals surface area contributed by atoms with Gasteiger partial charge in [-0.05, 0) is 30.1 Å². The number of nitrogen functional groups attached to an aromatic ring is 1. The summed E-state index contributed by atoms with van der Waals surface area (Å²) in [4.78, 5) is 4.30. The standard InChI is InChI=1S/C11H17N5O3/c1-4-11(5-2,17-6-3)10-13-9(18-16-10)7-8(12)15-19-14-7/h4-6H2,1-3H3,(H2,12,15). The second-order valence-electron chi connectivity index (χ2n) is 4.06. The smallest absolute Gasteiger partial charge is 0.284 e. The average molecular weight is 267 g/mol. The zero-order chi connectivity index (χ0) is 13.9. The first-order valence-electron chi connectivity index (χ1n) is 6.23. The summed E-state index contributed by atoms with van der Waals surface area (Å²) in [6, 6.07) is 0. The molecule has 8 heteroatoms. The highest BCUT2D eigenvalue weighted by Crippen LogP contribution is 2.32. The predicted octanol–water partition coefficient (Wildman–Crippen LogP) is 1.75. The molecular weight excluding hydrogens is 250 g/mol. The van der Waals surface area contributed by atoms with Crippen LogP contribution in [0.15, 0.2) is 9.15 Å². The van der Waals surface area contributed by atoms with Gasteiger partial charge in [-0.15, -0.1) is 0 Å². The van der Waals surface area contributed by atoms with Crippen LogP contribution >= 0.6 is 0 Å². The van der Waals surface area contributed by atoms with Crippen LogP contribution in [0.1, 0.15) is 39.4 Å². The van der Waals surface area contributed by atoms with Gasteiger partial charge in [0.25, 0.3) is 5.89 Å². The molecule has 2 N–H and O–H groups in total. The van der Waals surface area contributed by atoms with Crippen molar-refractivity contribution in [2.45, 2.75) is 39.2 Å². The minimum atomic E-state index is -0.553. The van der Waals surface area contributed by atoms with Crippen molar-refractivity contribution in [1.82, 2.24) is 20.5 Å². The molecular formula is C11H17N5O3. The Kier molecular flexibility index (Phi) is 3.79. The molecule has 0 atom stereocenters. The van der Waals surface area contributed by atoms with Crippen LogP contribution in [0.5, 0.6) is 0 Å². The third-order valence-corrected chi connectivity index (χ3v) is 3.11. The lowest BCUT2D eigenvalue weighted by Crippen LogP contribution is -2.29. The monoisotopic (exact) mass is 267 g/mol. The lowest BCUT2D eigenvalue weighted by molar-refractivity contribution is -0.0583. The Hall–Kier alpha value is -1.96. The quantitative estimate of drug-likeness (QED) is 0.842. The van der Waals surface area contributed by atoms with Crippen molar-refractivity contribution in [3.63, 3.8) is 0 Å². The van der Waals surface area contributed by atoms with Gasteiger partial charge in [0, 0.05) is 6.61 Å². The molecule has 0 aliphatic heterocycles. The van der Waals surface area contributed by atoms with Gasteiger partial charge in [-0.2, -0.15) is 4.98 Å². The molecule has 0 fully saturated rings. The average Bonchev–Trinajstić information content (AvgIpc) is 3.04. The van der Waals surface area contributed by atoms with Crippen molar-refractivity contribution >= 4 is 5.82 Å². The van der Waals surface area contributed by atoms with Gasteiger partial charge in [0.2, 0.25) is 17.3 Å². The van der Waals surface area contributed by atoms with Crippen LogP contribution in [0.3, 0.4) is 0 Å². The SMILES string of the molecule is CCOC(CC)(CC)c1noc(-c2nonc2N)n1. The van der Waals surface area contributed by atoms with Crippen LogP contribution in [0.2, 0.25) is 0 Å². The summed E-state index contributed by atoms with van der Waals surface area (Å²) in [5, 5.41) is 11.1. The highest BCUT2D eigenvalue weighted by atomic mass is 16.6. The summed E-state index contributed by atoms with van der Waals surface area (Å²) in [6.45, 7) is 6.53. The molecule has 0 amide bonds. The van der Waals surface area contributed by atoms with E-state index < -0.39 is 5.60 Å². The van der Waals surface area contributed by atoms with Crippen LogP contribution in [-0.2, 0) is 10.3 Å². The molecule has 2 aromatic heterocycles. The molecule has 0 saturated heterocycles. The van der Waals surface area contributed by atoms with E-state index in [1.807, 2.05) is 20.8 Å². The molecule has 104 valence electrons. The van der Waals surface area contributed by atoms with Gasteiger partial charge in [0.1, 0.15) is 5.60 Å². The molecule has 0 aliphatic rings. The maximum absolute atomic E-state index is 5.80. The first-order valence-corrected chi connectivity index (χ1v) is 6.23. The van der Waals surface area contributed by atoms with E-state index in [2.05, 4.69) is 25.1 Å². The van der Waals surface area contributed by atoms with Crippen molar-refractivity contribution in [2.24, 2.45) is 0 Å². The van der Waals surface area contributed by atoms with Crippen LogP contribution in [0.25, 0.3) is 11.6 Å². The van der Waals surface area contributed by atoms with E-state index in [9.17, 15) is 0 Å². The van der Waals surface area contributed by atoms with Crippen LogP contribution in [0, 0.1) is 0 Å². The van der Waals surface area contributed by atoms with E-state index in [-0.39, 0.29) is 17.4 Å². The number of ether oxygens (including phenoxy) is 1. The van der Waals surface area contributed by atoms with Crippen LogP contribution < -0.4 is 5.73 Å². The molecule has 0 saturated carbocycles. The van der Waals surface area contributed by atoms with E-state index in [0.29, 0.717) is 12.4 Å². The van der Waals surface area contributed by atoms with Crippen molar-refractivity contribution in [1.29, 1.82) is 0 Å². The molecule has 0 aliphatic carbocycles. The molecule has 0 aromatic carbocycles. The highest BCUT2D eigenvalue weighted by molar-refractivity contribution is 5.60. The van der Waals surface area contributed by atoms with Gasteiger partial charge in [-0.25, -0.2) is 4.63 Å². The third-order valence-electron chi connectivity index (χ3n) is 3.11. The normalized spacial score (nSPS) is 11.9. The Balaban J connectivity index is 2.36. The number of aromatic nitrogens is 4. The second-order valence-corrected chi connectivity index (χ2v) is 4.06. The van der Waals surface area contributed by atoms with Gasteiger partial charge in [0.15, 0.2) is 0 Å². The van der Waals surface area contributed by atoms with Crippen molar-refractivity contribution in [2.75, 3.05) is 12.3 Å². The fourth-order valence-electron chi connectivity index (χ4n) is 1.96. The number of hydrogen-bond acceptors (Lipinski definition) is 8. The Morgan fingerprint density at radius 3 is 2.42 bits per heavy atom. The predicted molar refractivity (Wildman–Crippen MR) is 65.9 cm³/mol. The minimum absolute atomic E-state index is 0.116. The number of nitrogens with zero attached hydrogens (tertiary/aromatic N) is 4. The van der Waals surface area contributed by atoms with E-state index in [1.54, 1.807) is 0 Å². The fraction of sp³-hybridized carbons (Fsp3) is 0.636. The highest BCUT2D eigenvalue weighted by Gasteiger charge is 2.35. The summed E-state index contributed by atoms with van der Waals surface area (Å²) < 4.78 is 15.5. The van der Waals surface area contributed by atoms with Gasteiger partial charge in [0.05, 0.1) is 0 Å². The lowest BCUT2D eigenvalue weighted by Gasteiger charge is -2.27. The zero-order valence-electron chi connectivity index (χ0n) is 11.2. The Labute approximate surface area is 110 Å². The van der Waals surface area contributed by atoms with Crippen molar-refractivity contribution < 1.29 is 13.9 Å². The first kappa shape index (κ1) is 13.5. The number of anilines is 1. The number of hydrogen-bond donors (Lipinski definition) is 1. The maximum atomic E-state index is 5.80. The van der Waals surface area contributed by atoms with E-state index >= 15 is 0 Å². The molecule has 0 bridgehead atoms. The second kappa shape index (κ2) is 5.35. The molecule has 0 spiro atoms. The summed E-state index contributed by atoms with van der Waals surface area (Å²) in [5.74, 6) is 0.779. The molecule has 2 heterocycles. The summed E-state index contributed by atoms with van der Waals surface area (Å²) in [7, 11) is 0. The molecule has 0 unspecified atom stereocenters. The van der Waals surface area contributed by atoms with Crippen molar-refractivity contribution in [3.8, 4) is 11.6 Å². The van der Waals surface area contributed by atoms with E-state index in [4.69, 9.17) is 15.0 Å². The largest absolute Gasteiger partial charge is 0.379 e. The Morgan fingerprint density at radius 2 is 1.89 bits per heavy atom. The van der Waals surface area contributed by atoms with Crippen molar-refractivity contribution in [3.05, 3.63) is 5.82 Å². The molecule has 2 rings (SSSR count).